The van der Waals surface area contributed by atoms with Crippen LogP contribution in [0, 0.1) is 13.8 Å². The van der Waals surface area contributed by atoms with Crippen LogP contribution in [-0.4, -0.2) is 25.9 Å². The van der Waals surface area contributed by atoms with E-state index in [9.17, 15) is 4.79 Å². The van der Waals surface area contributed by atoms with Crippen molar-refractivity contribution in [3.8, 4) is 11.3 Å². The van der Waals surface area contributed by atoms with Crippen LogP contribution in [-0.2, 0) is 7.05 Å². The Labute approximate surface area is 148 Å². The summed E-state index contributed by atoms with van der Waals surface area (Å²) in [6.07, 6.45) is 0. The molecular weight excluding hydrogens is 346 g/mol. The number of hydrogen-bond donors (Lipinski definition) is 2. The number of carbonyl (C=O) groups is 1. The maximum atomic E-state index is 12.4. The van der Waals surface area contributed by atoms with Crippen LogP contribution >= 0.6 is 22.9 Å². The predicted molar refractivity (Wildman–Crippen MR) is 95.5 cm³/mol. The normalized spacial score (nSPS) is 12.4. The maximum Gasteiger partial charge on any atom is 0.269 e. The highest BCUT2D eigenvalue weighted by Gasteiger charge is 2.19. The minimum absolute atomic E-state index is 0.122. The number of amides is 1. The molecule has 3 aromatic rings. The minimum atomic E-state index is -0.204. The first-order valence-electron chi connectivity index (χ1n) is 7.49. The molecule has 6 nitrogen and oxygen atoms in total. The van der Waals surface area contributed by atoms with Crippen LogP contribution in [0.4, 0.5) is 0 Å². The first-order chi connectivity index (χ1) is 11.4. The van der Waals surface area contributed by atoms with Gasteiger partial charge >= 0.3 is 0 Å². The SMILES string of the molecule is Cc1nn(C)c(C)c1-c1cc(C(=O)NC(C)c2ccc(Cl)s2)[nH]n1. The molecule has 8 heteroatoms. The van der Waals surface area contributed by atoms with Crippen LogP contribution in [0.5, 0.6) is 0 Å². The molecule has 0 saturated heterocycles. The van der Waals surface area contributed by atoms with Crippen molar-refractivity contribution in [1.29, 1.82) is 0 Å². The highest BCUT2D eigenvalue weighted by Crippen LogP contribution is 2.27. The lowest BCUT2D eigenvalue weighted by Crippen LogP contribution is -2.26. The molecule has 0 bridgehead atoms. The van der Waals surface area contributed by atoms with Gasteiger partial charge in [-0.25, -0.2) is 0 Å². The van der Waals surface area contributed by atoms with Crippen LogP contribution < -0.4 is 5.32 Å². The molecule has 126 valence electrons. The lowest BCUT2D eigenvalue weighted by Gasteiger charge is -2.10. The van der Waals surface area contributed by atoms with E-state index >= 15 is 0 Å². The van der Waals surface area contributed by atoms with Crippen molar-refractivity contribution >= 4 is 28.8 Å². The molecule has 3 rings (SSSR count). The van der Waals surface area contributed by atoms with Gasteiger partial charge in [-0.1, -0.05) is 11.6 Å². The number of rotatable bonds is 4. The second-order valence-corrected chi connectivity index (χ2v) is 7.42. The number of carbonyl (C=O) groups excluding carboxylic acids is 1. The van der Waals surface area contributed by atoms with Gasteiger partial charge in [0.2, 0.25) is 0 Å². The highest BCUT2D eigenvalue weighted by molar-refractivity contribution is 7.16. The second kappa shape index (κ2) is 6.41. The summed E-state index contributed by atoms with van der Waals surface area (Å²) in [6.45, 7) is 5.83. The van der Waals surface area contributed by atoms with Crippen LogP contribution in [0.25, 0.3) is 11.3 Å². The maximum absolute atomic E-state index is 12.4. The summed E-state index contributed by atoms with van der Waals surface area (Å²) in [4.78, 5) is 13.4. The summed E-state index contributed by atoms with van der Waals surface area (Å²) in [6, 6.07) is 5.37. The van der Waals surface area contributed by atoms with Crippen LogP contribution in [0.3, 0.4) is 0 Å². The van der Waals surface area contributed by atoms with E-state index in [2.05, 4.69) is 20.6 Å². The monoisotopic (exact) mass is 363 g/mol. The topological polar surface area (TPSA) is 75.6 Å². The average molecular weight is 364 g/mol. The molecule has 2 N–H and O–H groups in total. The number of nitrogens with zero attached hydrogens (tertiary/aromatic N) is 3. The Balaban J connectivity index is 1.79. The van der Waals surface area contributed by atoms with E-state index in [0.29, 0.717) is 10.0 Å². The van der Waals surface area contributed by atoms with Gasteiger partial charge in [0.25, 0.3) is 5.91 Å². The van der Waals surface area contributed by atoms with Crippen LogP contribution in [0.2, 0.25) is 4.34 Å². The Kier molecular flexibility index (Phi) is 4.47. The Morgan fingerprint density at radius 2 is 2.17 bits per heavy atom. The molecule has 0 radical (unpaired) electrons. The first-order valence-corrected chi connectivity index (χ1v) is 8.68. The van der Waals surface area contributed by atoms with Crippen molar-refractivity contribution in [2.24, 2.45) is 7.05 Å². The van der Waals surface area contributed by atoms with Crippen LogP contribution in [0.15, 0.2) is 18.2 Å². The Hall–Kier alpha value is -2.12. The van der Waals surface area contributed by atoms with Crippen LogP contribution in [0.1, 0.15) is 39.7 Å². The number of thiophene rings is 1. The van der Waals surface area contributed by atoms with Crippen molar-refractivity contribution in [2.45, 2.75) is 26.8 Å². The fraction of sp³-hybridized carbons (Fsp3) is 0.312. The number of halogens is 1. The van der Waals surface area contributed by atoms with E-state index in [0.717, 1.165) is 27.5 Å². The number of aryl methyl sites for hydroxylation is 2. The summed E-state index contributed by atoms with van der Waals surface area (Å²) >= 11 is 7.40. The van der Waals surface area contributed by atoms with Crippen molar-refractivity contribution < 1.29 is 4.79 Å². The molecule has 0 aromatic carbocycles. The van der Waals surface area contributed by atoms with Crippen molar-refractivity contribution in [1.82, 2.24) is 25.3 Å². The van der Waals surface area contributed by atoms with Gasteiger partial charge in [-0.3, -0.25) is 14.6 Å². The lowest BCUT2D eigenvalue weighted by atomic mass is 10.1. The molecule has 0 spiro atoms. The number of hydrogen-bond acceptors (Lipinski definition) is 4. The molecule has 0 saturated carbocycles. The third-order valence-electron chi connectivity index (χ3n) is 3.96. The molecule has 0 aliphatic heterocycles. The number of nitrogens with one attached hydrogen (secondary N) is 2. The molecule has 1 unspecified atom stereocenters. The van der Waals surface area contributed by atoms with E-state index in [1.165, 1.54) is 11.3 Å². The van der Waals surface area contributed by atoms with Gasteiger partial charge in [0, 0.05) is 23.2 Å². The second-order valence-electron chi connectivity index (χ2n) is 5.67. The largest absolute Gasteiger partial charge is 0.343 e. The molecule has 0 fully saturated rings. The van der Waals surface area contributed by atoms with Gasteiger partial charge in [-0.05, 0) is 39.0 Å². The Morgan fingerprint density at radius 1 is 1.42 bits per heavy atom. The number of aromatic nitrogens is 4. The zero-order chi connectivity index (χ0) is 17.4. The van der Waals surface area contributed by atoms with Gasteiger partial charge in [0.15, 0.2) is 0 Å². The van der Waals surface area contributed by atoms with Crippen molar-refractivity contribution in [3.05, 3.63) is 44.5 Å². The zero-order valence-corrected chi connectivity index (χ0v) is 15.4. The molecular formula is C16H18ClN5OS. The molecule has 3 heterocycles. The van der Waals surface area contributed by atoms with Gasteiger partial charge < -0.3 is 5.32 Å². The standard InChI is InChI=1S/C16H18ClN5OS/c1-8(13-5-6-14(17)24-13)18-16(23)12-7-11(19-20-12)15-9(2)21-22(4)10(15)3/h5-8H,1-4H3,(H,18,23)(H,19,20). The third-order valence-corrected chi connectivity index (χ3v) is 5.37. The summed E-state index contributed by atoms with van der Waals surface area (Å²) in [7, 11) is 1.89. The minimum Gasteiger partial charge on any atom is -0.343 e. The highest BCUT2D eigenvalue weighted by atomic mass is 35.5. The van der Waals surface area contributed by atoms with E-state index < -0.39 is 0 Å². The summed E-state index contributed by atoms with van der Waals surface area (Å²) in [5.41, 5.74) is 3.98. The van der Waals surface area contributed by atoms with Gasteiger partial charge in [0.05, 0.1) is 21.8 Å². The summed E-state index contributed by atoms with van der Waals surface area (Å²) in [5.74, 6) is -0.204. The van der Waals surface area contributed by atoms with Gasteiger partial charge in [0.1, 0.15) is 5.69 Å². The van der Waals surface area contributed by atoms with Crippen molar-refractivity contribution in [3.63, 3.8) is 0 Å². The Bertz CT molecular complexity index is 894. The predicted octanol–water partition coefficient (Wildman–Crippen LogP) is 3.63. The van der Waals surface area contributed by atoms with E-state index in [-0.39, 0.29) is 11.9 Å². The quantitative estimate of drug-likeness (QED) is 0.743. The Morgan fingerprint density at radius 3 is 2.75 bits per heavy atom. The van der Waals surface area contributed by atoms with Gasteiger partial charge in [-0.2, -0.15) is 10.2 Å². The van der Waals surface area contributed by atoms with Gasteiger partial charge in [-0.15, -0.1) is 11.3 Å². The molecule has 0 aliphatic carbocycles. The average Bonchev–Trinajstić information content (AvgIpc) is 3.21. The molecule has 24 heavy (non-hydrogen) atoms. The fourth-order valence-corrected chi connectivity index (χ4v) is 3.68. The molecule has 3 aromatic heterocycles. The fourth-order valence-electron chi connectivity index (χ4n) is 2.62. The van der Waals surface area contributed by atoms with Crippen molar-refractivity contribution in [2.75, 3.05) is 0 Å². The summed E-state index contributed by atoms with van der Waals surface area (Å²) < 4.78 is 2.51. The molecule has 0 aliphatic rings. The van der Waals surface area contributed by atoms with E-state index in [1.807, 2.05) is 44.6 Å². The third kappa shape index (κ3) is 3.09. The smallest absolute Gasteiger partial charge is 0.269 e. The van der Waals surface area contributed by atoms with E-state index in [4.69, 9.17) is 11.6 Å². The summed E-state index contributed by atoms with van der Waals surface area (Å²) in [5, 5.41) is 14.4. The number of aromatic amines is 1. The molecule has 1 atom stereocenters. The first kappa shape index (κ1) is 16.7. The molecule has 1 amide bonds. The lowest BCUT2D eigenvalue weighted by molar-refractivity contribution is 0.0935. The number of H-pyrrole nitrogens is 1. The zero-order valence-electron chi connectivity index (χ0n) is 13.8. The van der Waals surface area contributed by atoms with E-state index in [1.54, 1.807) is 6.07 Å².